The zero-order valence-electron chi connectivity index (χ0n) is 14.0. The minimum absolute atomic E-state index is 0.0108. The number of rotatable bonds is 12. The van der Waals surface area contributed by atoms with Gasteiger partial charge in [0.25, 0.3) is 0 Å². The molecule has 130 valence electrons. The van der Waals surface area contributed by atoms with Gasteiger partial charge in [-0.3, -0.25) is 9.59 Å². The standard InChI is InChI=1S/C13H27NO7Si/c1-17-12(15)9-11(13(16)18-2)10-14-7-6-8-22(19-3,20-4)21-5/h11,14H,6-10H2,1-5H3. The maximum atomic E-state index is 11.6. The monoisotopic (exact) mass is 337 g/mol. The summed E-state index contributed by atoms with van der Waals surface area (Å²) in [5.41, 5.74) is 0. The molecule has 0 aromatic heterocycles. The molecule has 0 saturated heterocycles. The predicted molar refractivity (Wildman–Crippen MR) is 81.2 cm³/mol. The highest BCUT2D eigenvalue weighted by Crippen LogP contribution is 2.14. The molecule has 1 N–H and O–H groups in total. The van der Waals surface area contributed by atoms with Crippen molar-refractivity contribution in [2.45, 2.75) is 18.9 Å². The van der Waals surface area contributed by atoms with Crippen LogP contribution in [-0.2, 0) is 32.3 Å². The lowest BCUT2D eigenvalue weighted by Gasteiger charge is -2.24. The summed E-state index contributed by atoms with van der Waals surface area (Å²) < 4.78 is 25.2. The van der Waals surface area contributed by atoms with E-state index in [1.165, 1.54) is 14.2 Å². The summed E-state index contributed by atoms with van der Waals surface area (Å²) in [4.78, 5) is 22.9. The third-order valence-corrected chi connectivity index (χ3v) is 6.17. The van der Waals surface area contributed by atoms with Gasteiger partial charge in [-0.15, -0.1) is 0 Å². The molecule has 0 rings (SSSR count). The quantitative estimate of drug-likeness (QED) is 0.307. The van der Waals surface area contributed by atoms with Crippen LogP contribution in [0.1, 0.15) is 12.8 Å². The third kappa shape index (κ3) is 7.32. The lowest BCUT2D eigenvalue weighted by Crippen LogP contribution is -2.43. The molecule has 1 atom stereocenters. The highest BCUT2D eigenvalue weighted by molar-refractivity contribution is 6.60. The van der Waals surface area contributed by atoms with Gasteiger partial charge in [-0.05, 0) is 13.0 Å². The first-order valence-corrected chi connectivity index (χ1v) is 8.92. The van der Waals surface area contributed by atoms with E-state index in [9.17, 15) is 9.59 Å². The topological polar surface area (TPSA) is 92.3 Å². The second-order valence-corrected chi connectivity index (χ2v) is 7.69. The number of carbonyl (C=O) groups is 2. The highest BCUT2D eigenvalue weighted by Gasteiger charge is 2.36. The Labute approximate surface area is 132 Å². The van der Waals surface area contributed by atoms with E-state index < -0.39 is 26.7 Å². The van der Waals surface area contributed by atoms with Gasteiger partial charge in [-0.25, -0.2) is 0 Å². The molecule has 22 heavy (non-hydrogen) atoms. The normalized spacial score (nSPS) is 12.8. The van der Waals surface area contributed by atoms with E-state index in [0.29, 0.717) is 19.1 Å². The van der Waals surface area contributed by atoms with E-state index in [1.807, 2.05) is 0 Å². The summed E-state index contributed by atoms with van der Waals surface area (Å²) in [7, 11) is 4.72. The van der Waals surface area contributed by atoms with Crippen LogP contribution in [0.5, 0.6) is 0 Å². The predicted octanol–water partition coefficient (Wildman–Crippen LogP) is 0.197. The van der Waals surface area contributed by atoms with Gasteiger partial charge in [0.05, 0.1) is 26.6 Å². The molecule has 0 spiro atoms. The molecular weight excluding hydrogens is 310 g/mol. The molecule has 0 saturated carbocycles. The smallest absolute Gasteiger partial charge is 0.469 e. The minimum Gasteiger partial charge on any atom is -0.469 e. The van der Waals surface area contributed by atoms with Crippen LogP contribution in [0.2, 0.25) is 6.04 Å². The van der Waals surface area contributed by atoms with Crippen molar-refractivity contribution in [3.63, 3.8) is 0 Å². The van der Waals surface area contributed by atoms with Crippen LogP contribution < -0.4 is 5.32 Å². The van der Waals surface area contributed by atoms with Gasteiger partial charge in [0.15, 0.2) is 0 Å². The highest BCUT2D eigenvalue weighted by atomic mass is 28.4. The van der Waals surface area contributed by atoms with Gasteiger partial charge < -0.3 is 28.1 Å². The molecule has 0 aliphatic heterocycles. The Morgan fingerprint density at radius 3 is 2.05 bits per heavy atom. The van der Waals surface area contributed by atoms with E-state index in [4.69, 9.17) is 13.3 Å². The molecule has 0 radical (unpaired) electrons. The molecule has 0 bridgehead atoms. The summed E-state index contributed by atoms with van der Waals surface area (Å²) in [6, 6.07) is 0.656. The Hall–Kier alpha value is -1.00. The molecule has 8 nitrogen and oxygen atoms in total. The van der Waals surface area contributed by atoms with E-state index in [-0.39, 0.29) is 6.42 Å². The first-order chi connectivity index (χ1) is 10.5. The zero-order chi connectivity index (χ0) is 17.0. The van der Waals surface area contributed by atoms with Crippen molar-refractivity contribution < 1.29 is 32.3 Å². The molecular formula is C13H27NO7Si. The lowest BCUT2D eigenvalue weighted by molar-refractivity contribution is -0.151. The largest absolute Gasteiger partial charge is 0.500 e. The van der Waals surface area contributed by atoms with E-state index in [1.54, 1.807) is 21.3 Å². The molecule has 0 aliphatic carbocycles. The maximum absolute atomic E-state index is 11.6. The SMILES string of the molecule is COC(=O)CC(CNCCC[Si](OC)(OC)OC)C(=O)OC. The fourth-order valence-electron chi connectivity index (χ4n) is 1.95. The average Bonchev–Trinajstić information content (AvgIpc) is 2.56. The number of nitrogens with one attached hydrogen (secondary N) is 1. The molecule has 0 fully saturated rings. The fourth-order valence-corrected chi connectivity index (χ4v) is 3.67. The van der Waals surface area contributed by atoms with Gasteiger partial charge >= 0.3 is 20.7 Å². The number of esters is 2. The molecule has 0 aromatic rings. The van der Waals surface area contributed by atoms with Crippen molar-refractivity contribution in [2.24, 2.45) is 5.92 Å². The Bertz CT molecular complexity index is 328. The number of ether oxygens (including phenoxy) is 2. The maximum Gasteiger partial charge on any atom is 0.500 e. The first kappa shape index (κ1) is 21.0. The lowest BCUT2D eigenvalue weighted by atomic mass is 10.1. The number of hydrogen-bond acceptors (Lipinski definition) is 8. The van der Waals surface area contributed by atoms with Crippen LogP contribution in [-0.4, -0.2) is 69.4 Å². The summed E-state index contributed by atoms with van der Waals surface area (Å²) in [5, 5.41) is 3.12. The van der Waals surface area contributed by atoms with E-state index in [0.717, 1.165) is 6.42 Å². The molecule has 0 amide bonds. The summed E-state index contributed by atoms with van der Waals surface area (Å²) >= 11 is 0. The van der Waals surface area contributed by atoms with Crippen molar-refractivity contribution >= 4 is 20.7 Å². The molecule has 0 aliphatic rings. The Morgan fingerprint density at radius 1 is 1.00 bits per heavy atom. The summed E-state index contributed by atoms with van der Waals surface area (Å²) in [5.74, 6) is -1.44. The number of methoxy groups -OCH3 is 2. The van der Waals surface area contributed by atoms with Crippen LogP contribution in [0.3, 0.4) is 0 Å². The first-order valence-electron chi connectivity index (χ1n) is 6.99. The van der Waals surface area contributed by atoms with Gasteiger partial charge in [0.2, 0.25) is 0 Å². The van der Waals surface area contributed by atoms with Crippen molar-refractivity contribution in [3.05, 3.63) is 0 Å². The second-order valence-electron chi connectivity index (χ2n) is 4.60. The van der Waals surface area contributed by atoms with E-state index in [2.05, 4.69) is 14.8 Å². The fraction of sp³-hybridized carbons (Fsp3) is 0.846. The number of carbonyl (C=O) groups excluding carboxylic acids is 2. The zero-order valence-corrected chi connectivity index (χ0v) is 15.0. The molecule has 0 aromatic carbocycles. The molecule has 9 heteroatoms. The average molecular weight is 337 g/mol. The van der Waals surface area contributed by atoms with E-state index >= 15 is 0 Å². The second kappa shape index (κ2) is 11.5. The van der Waals surface area contributed by atoms with Gasteiger partial charge in [0, 0.05) is 33.9 Å². The van der Waals surface area contributed by atoms with Crippen LogP contribution in [0.4, 0.5) is 0 Å². The minimum atomic E-state index is -2.56. The van der Waals surface area contributed by atoms with Crippen LogP contribution >= 0.6 is 0 Å². The summed E-state index contributed by atoms with van der Waals surface area (Å²) in [6.45, 7) is 0.975. The van der Waals surface area contributed by atoms with Crippen molar-refractivity contribution in [1.82, 2.24) is 5.32 Å². The Balaban J connectivity index is 4.17. The van der Waals surface area contributed by atoms with Gasteiger partial charge in [0.1, 0.15) is 0 Å². The van der Waals surface area contributed by atoms with Crippen molar-refractivity contribution in [1.29, 1.82) is 0 Å². The van der Waals surface area contributed by atoms with Crippen molar-refractivity contribution in [3.8, 4) is 0 Å². The van der Waals surface area contributed by atoms with Crippen molar-refractivity contribution in [2.75, 3.05) is 48.6 Å². The van der Waals surface area contributed by atoms with Gasteiger partial charge in [-0.1, -0.05) is 0 Å². The molecule has 0 heterocycles. The third-order valence-electron chi connectivity index (χ3n) is 3.34. The Kier molecular flexibility index (Phi) is 11.0. The molecule has 1 unspecified atom stereocenters. The van der Waals surface area contributed by atoms with Crippen LogP contribution in [0, 0.1) is 5.92 Å². The number of hydrogen-bond donors (Lipinski definition) is 1. The Morgan fingerprint density at radius 2 is 1.59 bits per heavy atom. The van der Waals surface area contributed by atoms with Crippen LogP contribution in [0.15, 0.2) is 0 Å². The van der Waals surface area contributed by atoms with Crippen LogP contribution in [0.25, 0.3) is 0 Å². The summed E-state index contributed by atoms with van der Waals surface area (Å²) in [6.07, 6.45) is 0.747. The van der Waals surface area contributed by atoms with Gasteiger partial charge in [-0.2, -0.15) is 0 Å².